The minimum absolute atomic E-state index is 0.603. The fraction of sp³-hybridized carbons (Fsp3) is 0.833. The van der Waals surface area contributed by atoms with Gasteiger partial charge in [0.1, 0.15) is 0 Å². The van der Waals surface area contributed by atoms with E-state index in [1.54, 1.807) is 0 Å². The number of amides is 1. The van der Waals surface area contributed by atoms with E-state index in [0.717, 1.165) is 0 Å². The van der Waals surface area contributed by atoms with Crippen LogP contribution in [-0.2, 0) is 4.79 Å². The minimum atomic E-state index is -5.73. The number of nitrogens with two attached hydrogens (primary N) is 1. The molecule has 0 fully saturated rings. The topological polar surface area (TPSA) is 43.1 Å². The van der Waals surface area contributed by atoms with Crippen LogP contribution in [0.25, 0.3) is 0 Å². The summed E-state index contributed by atoms with van der Waals surface area (Å²) >= 11 is 0. The van der Waals surface area contributed by atoms with E-state index in [1.165, 1.54) is 0 Å². The van der Waals surface area contributed by atoms with E-state index in [9.17, 15) is 31.1 Å². The lowest BCUT2D eigenvalue weighted by Gasteiger charge is -2.33. The largest absolute Gasteiger partial charge is 0.412 e. The number of carbonyl (C=O) groups is 1. The second-order valence-electron chi connectivity index (χ2n) is 2.62. The molecular weight excluding hydrogens is 216 g/mol. The summed E-state index contributed by atoms with van der Waals surface area (Å²) in [6, 6.07) is 0. The smallest absolute Gasteiger partial charge is 0.369 e. The standard InChI is InChI=1S/C6H7F6NO/c1-2-4(3(13)14,5(7,8)9)6(10,11)12/h2H2,1H3,(H2,13,14). The summed E-state index contributed by atoms with van der Waals surface area (Å²) in [6.07, 6.45) is -12.9. The van der Waals surface area contributed by atoms with Crippen LogP contribution in [-0.4, -0.2) is 18.3 Å². The first-order valence-corrected chi connectivity index (χ1v) is 3.44. The van der Waals surface area contributed by atoms with Gasteiger partial charge in [0.2, 0.25) is 11.3 Å². The van der Waals surface area contributed by atoms with E-state index in [-0.39, 0.29) is 0 Å². The average molecular weight is 223 g/mol. The number of alkyl halides is 6. The minimum Gasteiger partial charge on any atom is -0.369 e. The van der Waals surface area contributed by atoms with Gasteiger partial charge in [0.25, 0.3) is 0 Å². The summed E-state index contributed by atoms with van der Waals surface area (Å²) in [5.74, 6) is -2.43. The molecule has 0 aromatic rings. The van der Waals surface area contributed by atoms with E-state index >= 15 is 0 Å². The Hall–Kier alpha value is -0.950. The molecule has 0 rings (SSSR count). The summed E-state index contributed by atoms with van der Waals surface area (Å²) in [6.45, 7) is 0.603. The maximum atomic E-state index is 12.1. The Bertz CT molecular complexity index is 215. The van der Waals surface area contributed by atoms with Gasteiger partial charge in [0.15, 0.2) is 0 Å². The Morgan fingerprint density at radius 1 is 1.07 bits per heavy atom. The highest BCUT2D eigenvalue weighted by molar-refractivity contribution is 5.82. The van der Waals surface area contributed by atoms with E-state index in [0.29, 0.717) is 6.92 Å². The maximum Gasteiger partial charge on any atom is 0.412 e. The molecule has 2 nitrogen and oxygen atoms in total. The number of halogens is 6. The number of hydrogen-bond acceptors (Lipinski definition) is 1. The number of rotatable bonds is 2. The molecule has 0 aliphatic carbocycles. The third kappa shape index (κ3) is 1.64. The molecule has 2 N–H and O–H groups in total. The zero-order valence-corrected chi connectivity index (χ0v) is 6.96. The predicted molar refractivity (Wildman–Crippen MR) is 34.0 cm³/mol. The first-order chi connectivity index (χ1) is 6.00. The van der Waals surface area contributed by atoms with Crippen LogP contribution in [0.2, 0.25) is 0 Å². The summed E-state index contributed by atoms with van der Waals surface area (Å²) in [7, 11) is 0. The molecule has 0 aliphatic heterocycles. The van der Waals surface area contributed by atoms with Gasteiger partial charge in [0.05, 0.1) is 0 Å². The lowest BCUT2D eigenvalue weighted by atomic mass is 9.82. The van der Waals surface area contributed by atoms with Crippen molar-refractivity contribution in [3.05, 3.63) is 0 Å². The Balaban J connectivity index is 5.58. The maximum absolute atomic E-state index is 12.1. The molecule has 84 valence electrons. The molecule has 0 bridgehead atoms. The van der Waals surface area contributed by atoms with Crippen LogP contribution in [0, 0.1) is 5.41 Å². The third-order valence-electron chi connectivity index (χ3n) is 1.92. The highest BCUT2D eigenvalue weighted by Crippen LogP contribution is 2.52. The Labute approximate surface area is 75.1 Å². The Morgan fingerprint density at radius 3 is 1.36 bits per heavy atom. The number of primary amides is 1. The molecule has 0 saturated carbocycles. The van der Waals surface area contributed by atoms with Crippen molar-refractivity contribution < 1.29 is 31.1 Å². The lowest BCUT2D eigenvalue weighted by molar-refractivity contribution is -0.325. The molecule has 14 heavy (non-hydrogen) atoms. The van der Waals surface area contributed by atoms with Crippen molar-refractivity contribution in [2.24, 2.45) is 11.1 Å². The Kier molecular flexibility index (Phi) is 3.10. The summed E-state index contributed by atoms with van der Waals surface area (Å²) in [4.78, 5) is 10.3. The van der Waals surface area contributed by atoms with Crippen molar-refractivity contribution in [3.63, 3.8) is 0 Å². The van der Waals surface area contributed by atoms with Gasteiger partial charge in [-0.15, -0.1) is 0 Å². The normalized spacial score (nSPS) is 14.2. The Morgan fingerprint density at radius 2 is 1.36 bits per heavy atom. The predicted octanol–water partition coefficient (Wildman–Crippen LogP) is 1.99. The number of hydrogen-bond donors (Lipinski definition) is 1. The zero-order chi connectivity index (χ0) is 11.8. The molecule has 0 aromatic carbocycles. The second kappa shape index (κ2) is 3.32. The van der Waals surface area contributed by atoms with Gasteiger partial charge in [-0.2, -0.15) is 26.3 Å². The summed E-state index contributed by atoms with van der Waals surface area (Å²) in [5, 5.41) is 0. The van der Waals surface area contributed by atoms with Gasteiger partial charge in [-0.3, -0.25) is 4.79 Å². The van der Waals surface area contributed by atoms with Gasteiger partial charge in [-0.25, -0.2) is 0 Å². The van der Waals surface area contributed by atoms with Gasteiger partial charge in [-0.05, 0) is 6.42 Å². The average Bonchev–Trinajstić information content (AvgIpc) is 1.80. The van der Waals surface area contributed by atoms with E-state index in [1.807, 2.05) is 0 Å². The van der Waals surface area contributed by atoms with Crippen LogP contribution in [0.1, 0.15) is 13.3 Å². The van der Waals surface area contributed by atoms with Gasteiger partial charge in [-0.1, -0.05) is 6.92 Å². The van der Waals surface area contributed by atoms with E-state index in [2.05, 4.69) is 5.73 Å². The fourth-order valence-electron chi connectivity index (χ4n) is 1.02. The van der Waals surface area contributed by atoms with Crippen molar-refractivity contribution in [1.29, 1.82) is 0 Å². The van der Waals surface area contributed by atoms with E-state index in [4.69, 9.17) is 0 Å². The molecule has 0 spiro atoms. The highest BCUT2D eigenvalue weighted by Gasteiger charge is 2.73. The molecule has 0 unspecified atom stereocenters. The molecule has 0 heterocycles. The second-order valence-corrected chi connectivity index (χ2v) is 2.62. The zero-order valence-electron chi connectivity index (χ0n) is 6.96. The molecule has 0 saturated heterocycles. The molecule has 0 aromatic heterocycles. The van der Waals surface area contributed by atoms with E-state index < -0.39 is 30.1 Å². The van der Waals surface area contributed by atoms with Crippen LogP contribution in [0.5, 0.6) is 0 Å². The summed E-state index contributed by atoms with van der Waals surface area (Å²) in [5.41, 5.74) is -0.269. The molecular formula is C6H7F6NO. The first-order valence-electron chi connectivity index (χ1n) is 3.44. The van der Waals surface area contributed by atoms with Crippen LogP contribution >= 0.6 is 0 Å². The molecule has 0 aliphatic rings. The van der Waals surface area contributed by atoms with Crippen LogP contribution in [0.15, 0.2) is 0 Å². The van der Waals surface area contributed by atoms with Crippen molar-refractivity contribution in [3.8, 4) is 0 Å². The first kappa shape index (κ1) is 13.0. The molecule has 0 atom stereocenters. The number of carbonyl (C=O) groups excluding carboxylic acids is 1. The fourth-order valence-corrected chi connectivity index (χ4v) is 1.02. The van der Waals surface area contributed by atoms with Crippen LogP contribution < -0.4 is 5.73 Å². The highest BCUT2D eigenvalue weighted by atomic mass is 19.4. The summed E-state index contributed by atoms with van der Waals surface area (Å²) < 4.78 is 72.6. The lowest BCUT2D eigenvalue weighted by Crippen LogP contribution is -2.57. The van der Waals surface area contributed by atoms with Crippen LogP contribution in [0.3, 0.4) is 0 Å². The quantitative estimate of drug-likeness (QED) is 0.714. The van der Waals surface area contributed by atoms with Crippen molar-refractivity contribution in [2.75, 3.05) is 0 Å². The molecule has 1 amide bonds. The molecule has 8 heteroatoms. The SMILES string of the molecule is CCC(C(N)=O)(C(F)(F)F)C(F)(F)F. The monoisotopic (exact) mass is 223 g/mol. The van der Waals surface area contributed by atoms with Crippen molar-refractivity contribution in [2.45, 2.75) is 25.7 Å². The van der Waals surface area contributed by atoms with Crippen molar-refractivity contribution >= 4 is 5.91 Å². The van der Waals surface area contributed by atoms with Crippen molar-refractivity contribution in [1.82, 2.24) is 0 Å². The van der Waals surface area contributed by atoms with Gasteiger partial charge in [0, 0.05) is 0 Å². The third-order valence-corrected chi connectivity index (χ3v) is 1.92. The molecule has 0 radical (unpaired) electrons. The van der Waals surface area contributed by atoms with Crippen LogP contribution in [0.4, 0.5) is 26.3 Å². The van der Waals surface area contributed by atoms with Gasteiger partial charge >= 0.3 is 12.4 Å². The van der Waals surface area contributed by atoms with Gasteiger partial charge < -0.3 is 5.73 Å².